The first-order chi connectivity index (χ1) is 9.72. The smallest absolute Gasteiger partial charge is 0.242 e. The molecule has 0 radical (unpaired) electrons. The fourth-order valence-corrected chi connectivity index (χ4v) is 3.85. The molecule has 1 aliphatic heterocycles. The lowest BCUT2D eigenvalue weighted by molar-refractivity contribution is 0.178. The van der Waals surface area contributed by atoms with Gasteiger partial charge in [-0.1, -0.05) is 13.8 Å². The Morgan fingerprint density at radius 3 is 2.76 bits per heavy atom. The van der Waals surface area contributed by atoms with E-state index in [2.05, 4.69) is 23.9 Å². The van der Waals surface area contributed by atoms with Crippen LogP contribution in [0.25, 0.3) is 0 Å². The van der Waals surface area contributed by atoms with E-state index in [1.165, 1.54) is 0 Å². The first-order valence-electron chi connectivity index (χ1n) is 7.22. The van der Waals surface area contributed by atoms with E-state index in [4.69, 9.17) is 4.74 Å². The van der Waals surface area contributed by atoms with E-state index < -0.39 is 15.6 Å². The van der Waals surface area contributed by atoms with E-state index in [0.717, 1.165) is 5.69 Å². The molecule has 6 nitrogen and oxygen atoms in total. The van der Waals surface area contributed by atoms with Crippen molar-refractivity contribution in [3.05, 3.63) is 18.0 Å². The molecule has 2 heterocycles. The minimum absolute atomic E-state index is 0.304. The summed E-state index contributed by atoms with van der Waals surface area (Å²) in [7, 11) is -1.66. The van der Waals surface area contributed by atoms with Crippen LogP contribution in [-0.4, -0.2) is 37.8 Å². The maximum atomic E-state index is 12.5. The van der Waals surface area contributed by atoms with Gasteiger partial charge in [-0.2, -0.15) is 0 Å². The Balaban J connectivity index is 2.15. The van der Waals surface area contributed by atoms with Gasteiger partial charge in [0.1, 0.15) is 0 Å². The highest BCUT2D eigenvalue weighted by atomic mass is 32.2. The number of aryl methyl sites for hydroxylation is 1. The minimum atomic E-state index is -3.52. The standard InChI is InChI=1S/C14H25N3O3S/c1-11(2)15-8-12-7-13(9-17(12)4)21(18,19)16-14(3)5-6-20-10-14/h7,9,11,15-16H,5-6,8,10H2,1-4H3. The van der Waals surface area contributed by atoms with Gasteiger partial charge in [-0.25, -0.2) is 13.1 Å². The third-order valence-electron chi connectivity index (χ3n) is 3.68. The molecular weight excluding hydrogens is 290 g/mol. The SMILES string of the molecule is CC(C)NCc1cc(S(=O)(=O)NC2(C)CCOC2)cn1C. The number of aromatic nitrogens is 1. The summed E-state index contributed by atoms with van der Waals surface area (Å²) in [6, 6.07) is 2.07. The zero-order valence-corrected chi connectivity index (χ0v) is 14.0. The summed E-state index contributed by atoms with van der Waals surface area (Å²) < 4.78 is 34.9. The molecule has 7 heteroatoms. The van der Waals surface area contributed by atoms with Crippen molar-refractivity contribution in [3.63, 3.8) is 0 Å². The number of nitrogens with one attached hydrogen (secondary N) is 2. The highest BCUT2D eigenvalue weighted by molar-refractivity contribution is 7.89. The van der Waals surface area contributed by atoms with Crippen molar-refractivity contribution in [3.8, 4) is 0 Å². The predicted molar refractivity (Wildman–Crippen MR) is 81.6 cm³/mol. The topological polar surface area (TPSA) is 72.4 Å². The maximum Gasteiger partial charge on any atom is 0.242 e. The average Bonchev–Trinajstić information content (AvgIpc) is 2.93. The quantitative estimate of drug-likeness (QED) is 0.821. The van der Waals surface area contributed by atoms with Gasteiger partial charge in [0.05, 0.1) is 17.0 Å². The Morgan fingerprint density at radius 2 is 2.19 bits per heavy atom. The van der Waals surface area contributed by atoms with Crippen LogP contribution in [0.1, 0.15) is 32.9 Å². The van der Waals surface area contributed by atoms with E-state index in [0.29, 0.717) is 37.1 Å². The fourth-order valence-electron chi connectivity index (χ4n) is 2.34. The molecule has 1 aromatic rings. The van der Waals surface area contributed by atoms with Gasteiger partial charge in [-0.3, -0.25) is 0 Å². The molecule has 0 bridgehead atoms. The van der Waals surface area contributed by atoms with Crippen LogP contribution in [0.15, 0.2) is 17.2 Å². The minimum Gasteiger partial charge on any atom is -0.379 e. The van der Waals surface area contributed by atoms with Crippen molar-refractivity contribution in [2.75, 3.05) is 13.2 Å². The highest BCUT2D eigenvalue weighted by Crippen LogP contribution is 2.22. The Morgan fingerprint density at radius 1 is 1.48 bits per heavy atom. The maximum absolute atomic E-state index is 12.5. The third kappa shape index (κ3) is 4.06. The average molecular weight is 315 g/mol. The van der Waals surface area contributed by atoms with E-state index in [1.807, 2.05) is 18.5 Å². The van der Waals surface area contributed by atoms with Crippen molar-refractivity contribution in [1.82, 2.24) is 14.6 Å². The third-order valence-corrected chi connectivity index (χ3v) is 5.29. The van der Waals surface area contributed by atoms with Crippen LogP contribution in [0.2, 0.25) is 0 Å². The molecule has 0 amide bonds. The van der Waals surface area contributed by atoms with Crippen molar-refractivity contribution >= 4 is 10.0 Å². The Bertz CT molecular complexity index is 587. The summed E-state index contributed by atoms with van der Waals surface area (Å²) in [4.78, 5) is 0.304. The van der Waals surface area contributed by atoms with E-state index in [9.17, 15) is 8.42 Å². The second-order valence-electron chi connectivity index (χ2n) is 6.28. The van der Waals surface area contributed by atoms with Gasteiger partial charge in [0, 0.05) is 38.1 Å². The first-order valence-corrected chi connectivity index (χ1v) is 8.70. The van der Waals surface area contributed by atoms with Gasteiger partial charge in [0.25, 0.3) is 0 Å². The molecule has 1 fully saturated rings. The molecule has 21 heavy (non-hydrogen) atoms. The molecule has 1 aliphatic rings. The largest absolute Gasteiger partial charge is 0.379 e. The summed E-state index contributed by atoms with van der Waals surface area (Å²) in [5.41, 5.74) is 0.433. The van der Waals surface area contributed by atoms with Gasteiger partial charge in [-0.05, 0) is 19.4 Å². The van der Waals surface area contributed by atoms with Crippen LogP contribution in [0, 0.1) is 0 Å². The number of hydrogen-bond acceptors (Lipinski definition) is 4. The molecular formula is C14H25N3O3S. The molecule has 1 aromatic heterocycles. The molecule has 120 valence electrons. The molecule has 2 rings (SSSR count). The van der Waals surface area contributed by atoms with Gasteiger partial charge in [0.15, 0.2) is 0 Å². The monoisotopic (exact) mass is 315 g/mol. The Hall–Kier alpha value is -0.890. The zero-order valence-electron chi connectivity index (χ0n) is 13.1. The van der Waals surface area contributed by atoms with Crippen molar-refractivity contribution < 1.29 is 13.2 Å². The summed E-state index contributed by atoms with van der Waals surface area (Å²) in [5.74, 6) is 0. The van der Waals surface area contributed by atoms with Gasteiger partial charge in [-0.15, -0.1) is 0 Å². The van der Waals surface area contributed by atoms with Crippen LogP contribution in [0.5, 0.6) is 0 Å². The lowest BCUT2D eigenvalue weighted by atomic mass is 10.0. The number of nitrogens with zero attached hydrogens (tertiary/aromatic N) is 1. The van der Waals surface area contributed by atoms with Crippen molar-refractivity contribution in [2.45, 2.75) is 50.2 Å². The molecule has 0 spiro atoms. The number of ether oxygens (including phenoxy) is 1. The Kier molecular flexibility index (Phi) is 4.77. The van der Waals surface area contributed by atoms with Crippen molar-refractivity contribution in [2.24, 2.45) is 7.05 Å². The number of rotatable bonds is 6. The van der Waals surface area contributed by atoms with E-state index in [1.54, 1.807) is 12.3 Å². The lowest BCUT2D eigenvalue weighted by Gasteiger charge is -2.22. The second-order valence-corrected chi connectivity index (χ2v) is 7.96. The number of sulfonamides is 1. The van der Waals surface area contributed by atoms with Gasteiger partial charge in [0.2, 0.25) is 10.0 Å². The molecule has 0 saturated carbocycles. The van der Waals surface area contributed by atoms with Crippen LogP contribution in [0.4, 0.5) is 0 Å². The normalized spacial score (nSPS) is 23.1. The molecule has 2 N–H and O–H groups in total. The first kappa shape index (κ1) is 16.5. The number of hydrogen-bond donors (Lipinski definition) is 2. The lowest BCUT2D eigenvalue weighted by Crippen LogP contribution is -2.46. The summed E-state index contributed by atoms with van der Waals surface area (Å²) in [6.07, 6.45) is 2.35. The predicted octanol–water partition coefficient (Wildman–Crippen LogP) is 0.980. The second kappa shape index (κ2) is 6.08. The molecule has 0 aromatic carbocycles. The van der Waals surface area contributed by atoms with Crippen molar-refractivity contribution in [1.29, 1.82) is 0 Å². The summed E-state index contributed by atoms with van der Waals surface area (Å²) >= 11 is 0. The molecule has 1 unspecified atom stereocenters. The molecule has 1 atom stereocenters. The fraction of sp³-hybridized carbons (Fsp3) is 0.714. The van der Waals surface area contributed by atoms with E-state index in [-0.39, 0.29) is 0 Å². The van der Waals surface area contributed by atoms with Crippen LogP contribution >= 0.6 is 0 Å². The van der Waals surface area contributed by atoms with Gasteiger partial charge < -0.3 is 14.6 Å². The molecule has 1 saturated heterocycles. The summed E-state index contributed by atoms with van der Waals surface area (Å²) in [6.45, 7) is 7.65. The summed E-state index contributed by atoms with van der Waals surface area (Å²) in [5, 5.41) is 3.29. The van der Waals surface area contributed by atoms with Crippen LogP contribution in [-0.2, 0) is 28.4 Å². The van der Waals surface area contributed by atoms with Crippen LogP contribution in [0.3, 0.4) is 0 Å². The molecule has 0 aliphatic carbocycles. The van der Waals surface area contributed by atoms with Gasteiger partial charge >= 0.3 is 0 Å². The Labute approximate surface area is 126 Å². The van der Waals surface area contributed by atoms with E-state index >= 15 is 0 Å². The zero-order chi connectivity index (χ0) is 15.7. The van der Waals surface area contributed by atoms with Crippen LogP contribution < -0.4 is 10.0 Å². The highest BCUT2D eigenvalue weighted by Gasteiger charge is 2.35.